The van der Waals surface area contributed by atoms with Gasteiger partial charge in [0.25, 0.3) is 0 Å². The van der Waals surface area contributed by atoms with Crippen molar-refractivity contribution in [1.82, 2.24) is 10.1 Å². The fourth-order valence-electron chi connectivity index (χ4n) is 1.48. The zero-order valence-corrected chi connectivity index (χ0v) is 11.2. The van der Waals surface area contributed by atoms with E-state index in [1.54, 1.807) is 11.8 Å². The number of nitrogens with one attached hydrogen (secondary N) is 1. The molecule has 4 nitrogen and oxygen atoms in total. The van der Waals surface area contributed by atoms with Crippen molar-refractivity contribution < 1.29 is 4.52 Å². The van der Waals surface area contributed by atoms with Gasteiger partial charge in [0.05, 0.1) is 5.75 Å². The lowest BCUT2D eigenvalue weighted by atomic mass is 10.4. The van der Waals surface area contributed by atoms with Crippen molar-refractivity contribution in [1.29, 1.82) is 0 Å². The van der Waals surface area contributed by atoms with Gasteiger partial charge in [-0.05, 0) is 31.0 Å². The van der Waals surface area contributed by atoms with Gasteiger partial charge in [-0.1, -0.05) is 22.8 Å². The van der Waals surface area contributed by atoms with E-state index in [0.29, 0.717) is 23.6 Å². The zero-order valence-electron chi connectivity index (χ0n) is 9.60. The van der Waals surface area contributed by atoms with Crippen LogP contribution in [0.4, 0.5) is 6.01 Å². The van der Waals surface area contributed by atoms with Crippen LogP contribution < -0.4 is 5.32 Å². The molecule has 1 saturated carbocycles. The molecule has 1 heterocycles. The molecule has 1 aliphatic rings. The number of aromatic nitrogens is 2. The molecule has 3 rings (SSSR count). The van der Waals surface area contributed by atoms with Crippen LogP contribution in [-0.2, 0) is 5.75 Å². The summed E-state index contributed by atoms with van der Waals surface area (Å²) in [6.07, 6.45) is 2.38. The average molecular weight is 282 g/mol. The predicted octanol–water partition coefficient (Wildman–Crippen LogP) is 3.59. The van der Waals surface area contributed by atoms with Crippen LogP contribution >= 0.6 is 23.4 Å². The monoisotopic (exact) mass is 281 g/mol. The molecular weight excluding hydrogens is 270 g/mol. The summed E-state index contributed by atoms with van der Waals surface area (Å²) in [5.74, 6) is 1.37. The van der Waals surface area contributed by atoms with Gasteiger partial charge in [0.15, 0.2) is 5.82 Å². The highest BCUT2D eigenvalue weighted by molar-refractivity contribution is 7.98. The van der Waals surface area contributed by atoms with Crippen molar-refractivity contribution in [2.45, 2.75) is 29.5 Å². The Balaban J connectivity index is 1.57. The van der Waals surface area contributed by atoms with E-state index in [0.717, 1.165) is 9.92 Å². The molecule has 0 amide bonds. The summed E-state index contributed by atoms with van der Waals surface area (Å²) in [5.41, 5.74) is 0. The van der Waals surface area contributed by atoms with E-state index in [4.69, 9.17) is 16.1 Å². The van der Waals surface area contributed by atoms with Crippen molar-refractivity contribution in [3.63, 3.8) is 0 Å². The van der Waals surface area contributed by atoms with Crippen molar-refractivity contribution in [3.05, 3.63) is 35.1 Å². The zero-order chi connectivity index (χ0) is 12.4. The molecule has 0 unspecified atom stereocenters. The minimum absolute atomic E-state index is 0.527. The Morgan fingerprint density at radius 3 is 3.11 bits per heavy atom. The number of anilines is 1. The average Bonchev–Trinajstić information content (AvgIpc) is 3.05. The molecule has 0 radical (unpaired) electrons. The molecule has 0 bridgehead atoms. The number of halogens is 1. The predicted molar refractivity (Wildman–Crippen MR) is 72.0 cm³/mol. The molecule has 1 N–H and O–H groups in total. The van der Waals surface area contributed by atoms with Crippen molar-refractivity contribution in [2.75, 3.05) is 5.32 Å². The third-order valence-corrected chi connectivity index (χ3v) is 3.76. The molecule has 18 heavy (non-hydrogen) atoms. The summed E-state index contributed by atoms with van der Waals surface area (Å²) < 4.78 is 5.12. The smallest absolute Gasteiger partial charge is 0.321 e. The Morgan fingerprint density at radius 1 is 1.44 bits per heavy atom. The molecule has 1 aromatic heterocycles. The van der Waals surface area contributed by atoms with E-state index in [1.807, 2.05) is 24.3 Å². The van der Waals surface area contributed by atoms with Gasteiger partial charge in [-0.2, -0.15) is 4.98 Å². The van der Waals surface area contributed by atoms with Crippen LogP contribution in [0.25, 0.3) is 0 Å². The summed E-state index contributed by atoms with van der Waals surface area (Å²) in [7, 11) is 0. The van der Waals surface area contributed by atoms with Gasteiger partial charge in [-0.25, -0.2) is 0 Å². The Morgan fingerprint density at radius 2 is 2.33 bits per heavy atom. The third kappa shape index (κ3) is 3.17. The third-order valence-electron chi connectivity index (χ3n) is 2.54. The summed E-state index contributed by atoms with van der Waals surface area (Å²) in [6, 6.07) is 8.78. The maximum Gasteiger partial charge on any atom is 0.321 e. The molecule has 2 aromatic rings. The van der Waals surface area contributed by atoms with E-state index in [9.17, 15) is 0 Å². The molecule has 0 spiro atoms. The second-order valence-corrected chi connectivity index (χ2v) is 5.67. The van der Waals surface area contributed by atoms with Gasteiger partial charge in [0.2, 0.25) is 0 Å². The number of benzene rings is 1. The number of hydrogen-bond donors (Lipinski definition) is 1. The van der Waals surface area contributed by atoms with E-state index in [2.05, 4.69) is 15.5 Å². The van der Waals surface area contributed by atoms with Gasteiger partial charge >= 0.3 is 6.01 Å². The van der Waals surface area contributed by atoms with Gasteiger partial charge in [-0.15, -0.1) is 11.8 Å². The Hall–Kier alpha value is -1.20. The summed E-state index contributed by atoms with van der Waals surface area (Å²) in [6.45, 7) is 0. The van der Waals surface area contributed by atoms with Crippen molar-refractivity contribution >= 4 is 29.4 Å². The molecule has 0 aliphatic heterocycles. The molecule has 94 valence electrons. The molecule has 1 fully saturated rings. The normalized spacial score (nSPS) is 14.7. The quantitative estimate of drug-likeness (QED) is 0.849. The van der Waals surface area contributed by atoms with Crippen molar-refractivity contribution in [2.24, 2.45) is 0 Å². The van der Waals surface area contributed by atoms with Crippen LogP contribution in [0.2, 0.25) is 5.02 Å². The highest BCUT2D eigenvalue weighted by Gasteiger charge is 2.23. The van der Waals surface area contributed by atoms with Gasteiger partial charge < -0.3 is 9.84 Å². The highest BCUT2D eigenvalue weighted by atomic mass is 35.5. The first-order valence-electron chi connectivity index (χ1n) is 5.77. The van der Waals surface area contributed by atoms with Crippen LogP contribution in [0.3, 0.4) is 0 Å². The summed E-state index contributed by atoms with van der Waals surface area (Å²) in [4.78, 5) is 5.39. The van der Waals surface area contributed by atoms with Gasteiger partial charge in [0.1, 0.15) is 0 Å². The maximum atomic E-state index is 5.92. The number of hydrogen-bond acceptors (Lipinski definition) is 5. The fourth-order valence-corrected chi connectivity index (χ4v) is 2.53. The standard InChI is InChI=1S/C12H12ClN3OS/c13-8-2-1-3-10(6-8)18-7-11-15-12(17-16-11)14-9-4-5-9/h1-3,6,9H,4-5,7H2,(H,14,15,16). The topological polar surface area (TPSA) is 51.0 Å². The van der Waals surface area contributed by atoms with Crippen LogP contribution in [0.15, 0.2) is 33.7 Å². The lowest BCUT2D eigenvalue weighted by Gasteiger charge is -1.98. The van der Waals surface area contributed by atoms with Gasteiger partial charge in [0, 0.05) is 16.0 Å². The fraction of sp³-hybridized carbons (Fsp3) is 0.333. The van der Waals surface area contributed by atoms with E-state index in [1.165, 1.54) is 12.8 Å². The maximum absolute atomic E-state index is 5.92. The van der Waals surface area contributed by atoms with Crippen LogP contribution in [0.5, 0.6) is 0 Å². The Labute approximate surface area is 114 Å². The first kappa shape index (κ1) is 11.9. The number of rotatable bonds is 5. The van der Waals surface area contributed by atoms with E-state index >= 15 is 0 Å². The van der Waals surface area contributed by atoms with Crippen LogP contribution in [0.1, 0.15) is 18.7 Å². The molecule has 0 saturated heterocycles. The lowest BCUT2D eigenvalue weighted by molar-refractivity contribution is 0.424. The molecular formula is C12H12ClN3OS. The minimum Gasteiger partial charge on any atom is -0.335 e. The SMILES string of the molecule is Clc1cccc(SCc2noc(NC3CC3)n2)c1. The van der Waals surface area contributed by atoms with E-state index in [-0.39, 0.29) is 0 Å². The molecule has 0 atom stereocenters. The Kier molecular flexibility index (Phi) is 3.43. The highest BCUT2D eigenvalue weighted by Crippen LogP contribution is 2.26. The molecule has 6 heteroatoms. The largest absolute Gasteiger partial charge is 0.335 e. The summed E-state index contributed by atoms with van der Waals surface area (Å²) >= 11 is 7.56. The lowest BCUT2D eigenvalue weighted by Crippen LogP contribution is -2.00. The number of nitrogens with zero attached hydrogens (tertiary/aromatic N) is 2. The van der Waals surface area contributed by atoms with Crippen LogP contribution in [-0.4, -0.2) is 16.2 Å². The molecule has 1 aromatic carbocycles. The van der Waals surface area contributed by atoms with Gasteiger partial charge in [-0.3, -0.25) is 0 Å². The minimum atomic E-state index is 0.527. The second-order valence-electron chi connectivity index (χ2n) is 4.18. The van der Waals surface area contributed by atoms with Crippen molar-refractivity contribution in [3.8, 4) is 0 Å². The Bertz CT molecular complexity index is 542. The summed E-state index contributed by atoms with van der Waals surface area (Å²) in [5, 5.41) is 7.84. The van der Waals surface area contributed by atoms with E-state index < -0.39 is 0 Å². The van der Waals surface area contributed by atoms with Crippen LogP contribution in [0, 0.1) is 0 Å². The second kappa shape index (κ2) is 5.20. The first-order chi connectivity index (χ1) is 8.79. The molecule has 1 aliphatic carbocycles. The first-order valence-corrected chi connectivity index (χ1v) is 7.13. The number of thioether (sulfide) groups is 1.